The zero-order valence-electron chi connectivity index (χ0n) is 8.61. The van der Waals surface area contributed by atoms with E-state index in [1.807, 2.05) is 4.98 Å². The van der Waals surface area contributed by atoms with Gasteiger partial charge in [-0.2, -0.15) is 0 Å². The van der Waals surface area contributed by atoms with Crippen LogP contribution in [0.2, 0.25) is 0 Å². The first-order chi connectivity index (χ1) is 8.12. The Morgan fingerprint density at radius 3 is 2.59 bits per heavy atom. The van der Waals surface area contributed by atoms with Gasteiger partial charge in [0.25, 0.3) is 5.56 Å². The lowest BCUT2D eigenvalue weighted by molar-refractivity contribution is -0.140. The van der Waals surface area contributed by atoms with Gasteiger partial charge in [0.15, 0.2) is 18.8 Å². The van der Waals surface area contributed by atoms with E-state index in [2.05, 4.69) is 0 Å². The molecule has 1 aromatic heterocycles. The first kappa shape index (κ1) is 13.0. The lowest BCUT2D eigenvalue weighted by Gasteiger charge is -2.16. The molecule has 0 aliphatic carbocycles. The van der Waals surface area contributed by atoms with Crippen LogP contribution in [-0.2, 0) is 14.3 Å². The van der Waals surface area contributed by atoms with Crippen molar-refractivity contribution in [1.29, 1.82) is 0 Å². The van der Waals surface area contributed by atoms with Crippen molar-refractivity contribution in [3.05, 3.63) is 33.1 Å². The number of hydrogen-bond acceptors (Lipinski definition) is 6. The highest BCUT2D eigenvalue weighted by Crippen LogP contribution is 2.04. The van der Waals surface area contributed by atoms with Crippen molar-refractivity contribution in [2.75, 3.05) is 6.61 Å². The summed E-state index contributed by atoms with van der Waals surface area (Å²) in [6.45, 7) is -0.619. The molecular weight excluding hydrogens is 232 g/mol. The molecule has 0 unspecified atom stereocenters. The number of aldehydes is 2. The SMILES string of the molecule is O=C[C@H](CO)O[C@H](C=O)n1ccc(=O)[nH]c1=O. The number of rotatable bonds is 6. The Hall–Kier alpha value is -2.06. The molecule has 1 rings (SSSR count). The minimum atomic E-state index is -1.39. The molecule has 1 aromatic rings. The van der Waals surface area contributed by atoms with Crippen LogP contribution in [0.25, 0.3) is 0 Å². The molecule has 0 aromatic carbocycles. The smallest absolute Gasteiger partial charge is 0.330 e. The van der Waals surface area contributed by atoms with E-state index < -0.39 is 30.2 Å². The Morgan fingerprint density at radius 2 is 2.12 bits per heavy atom. The number of carbonyl (C=O) groups is 2. The van der Waals surface area contributed by atoms with Gasteiger partial charge in [0.1, 0.15) is 6.10 Å². The second-order valence-electron chi connectivity index (χ2n) is 3.04. The molecule has 8 nitrogen and oxygen atoms in total. The summed E-state index contributed by atoms with van der Waals surface area (Å²) in [6, 6.07) is 1.02. The fourth-order valence-electron chi connectivity index (χ4n) is 1.09. The van der Waals surface area contributed by atoms with Crippen LogP contribution in [-0.4, -0.2) is 39.9 Å². The molecule has 0 bridgehead atoms. The fourth-order valence-corrected chi connectivity index (χ4v) is 1.09. The van der Waals surface area contributed by atoms with Crippen LogP contribution in [0.4, 0.5) is 0 Å². The Kier molecular flexibility index (Phi) is 4.49. The van der Waals surface area contributed by atoms with Gasteiger partial charge < -0.3 is 14.6 Å². The Balaban J connectivity index is 3.01. The van der Waals surface area contributed by atoms with E-state index in [-0.39, 0.29) is 6.29 Å². The second-order valence-corrected chi connectivity index (χ2v) is 3.04. The maximum atomic E-state index is 11.3. The Morgan fingerprint density at radius 1 is 1.41 bits per heavy atom. The minimum absolute atomic E-state index is 0.270. The zero-order valence-corrected chi connectivity index (χ0v) is 8.61. The summed E-state index contributed by atoms with van der Waals surface area (Å²) in [4.78, 5) is 45.2. The van der Waals surface area contributed by atoms with Crippen LogP contribution in [0, 0.1) is 0 Å². The van der Waals surface area contributed by atoms with Crippen LogP contribution >= 0.6 is 0 Å². The summed E-state index contributed by atoms with van der Waals surface area (Å²) >= 11 is 0. The summed E-state index contributed by atoms with van der Waals surface area (Å²) < 4.78 is 5.65. The number of aromatic amines is 1. The highest BCUT2D eigenvalue weighted by Gasteiger charge is 2.17. The van der Waals surface area contributed by atoms with Crippen LogP contribution in [0.5, 0.6) is 0 Å². The first-order valence-electron chi connectivity index (χ1n) is 4.60. The number of hydrogen-bond donors (Lipinski definition) is 2. The van der Waals surface area contributed by atoms with E-state index >= 15 is 0 Å². The van der Waals surface area contributed by atoms with Gasteiger partial charge in [-0.05, 0) is 0 Å². The molecule has 2 N–H and O–H groups in total. The van der Waals surface area contributed by atoms with Gasteiger partial charge in [0.05, 0.1) is 6.61 Å². The molecule has 2 atom stereocenters. The van der Waals surface area contributed by atoms with Gasteiger partial charge in [-0.3, -0.25) is 19.1 Å². The molecule has 0 saturated carbocycles. The number of aromatic nitrogens is 2. The summed E-state index contributed by atoms with van der Waals surface area (Å²) in [5, 5.41) is 8.71. The van der Waals surface area contributed by atoms with Crippen molar-refractivity contribution in [1.82, 2.24) is 9.55 Å². The lowest BCUT2D eigenvalue weighted by atomic mass is 10.4. The van der Waals surface area contributed by atoms with Crippen LogP contribution < -0.4 is 11.2 Å². The Labute approximate surface area is 94.5 Å². The van der Waals surface area contributed by atoms with Crippen molar-refractivity contribution >= 4 is 12.6 Å². The van der Waals surface area contributed by atoms with E-state index in [4.69, 9.17) is 9.84 Å². The van der Waals surface area contributed by atoms with Crippen molar-refractivity contribution in [2.45, 2.75) is 12.3 Å². The van der Waals surface area contributed by atoms with Gasteiger partial charge in [-0.25, -0.2) is 4.79 Å². The second kappa shape index (κ2) is 5.87. The largest absolute Gasteiger partial charge is 0.393 e. The predicted octanol–water partition coefficient (Wildman–Crippen LogP) is -2.19. The average Bonchev–Trinajstić information content (AvgIpc) is 2.32. The van der Waals surface area contributed by atoms with E-state index in [1.165, 1.54) is 0 Å². The molecule has 0 aliphatic heterocycles. The van der Waals surface area contributed by atoms with Crippen molar-refractivity contribution in [2.24, 2.45) is 0 Å². The highest BCUT2D eigenvalue weighted by molar-refractivity contribution is 5.58. The normalized spacial score (nSPS) is 13.9. The molecule has 0 saturated heterocycles. The van der Waals surface area contributed by atoms with Crippen LogP contribution in [0.3, 0.4) is 0 Å². The molecule has 0 spiro atoms. The molecule has 92 valence electrons. The molecule has 17 heavy (non-hydrogen) atoms. The molecule has 0 radical (unpaired) electrons. The number of nitrogens with one attached hydrogen (secondary N) is 1. The highest BCUT2D eigenvalue weighted by atomic mass is 16.5. The van der Waals surface area contributed by atoms with Gasteiger partial charge in [0.2, 0.25) is 0 Å². The zero-order chi connectivity index (χ0) is 12.8. The summed E-state index contributed by atoms with van der Waals surface area (Å²) in [6.07, 6.45) is -0.982. The lowest BCUT2D eigenvalue weighted by Crippen LogP contribution is -2.35. The fraction of sp³-hybridized carbons (Fsp3) is 0.333. The maximum absolute atomic E-state index is 11.3. The van der Waals surface area contributed by atoms with Crippen LogP contribution in [0.15, 0.2) is 21.9 Å². The standard InChI is InChI=1S/C9H10N2O6/c12-3-6(4-13)17-8(5-14)11-2-1-7(15)10-9(11)16/h1-3,5-6,8,13H,4H2,(H,10,15,16)/t6-,8-/m1/s1. The van der Waals surface area contributed by atoms with Crippen molar-refractivity contribution in [3.63, 3.8) is 0 Å². The molecule has 0 fully saturated rings. The third-order valence-electron chi connectivity index (χ3n) is 1.89. The molecule has 0 aliphatic rings. The topological polar surface area (TPSA) is 118 Å². The Bertz CT molecular complexity index is 505. The van der Waals surface area contributed by atoms with Crippen LogP contribution in [0.1, 0.15) is 6.23 Å². The number of aliphatic hydroxyl groups is 1. The predicted molar refractivity (Wildman–Crippen MR) is 54.4 cm³/mol. The maximum Gasteiger partial charge on any atom is 0.330 e. The van der Waals surface area contributed by atoms with Gasteiger partial charge in [0, 0.05) is 12.3 Å². The van der Waals surface area contributed by atoms with Crippen molar-refractivity contribution < 1.29 is 19.4 Å². The third kappa shape index (κ3) is 3.20. The summed E-state index contributed by atoms with van der Waals surface area (Å²) in [7, 11) is 0. The monoisotopic (exact) mass is 242 g/mol. The number of nitrogens with zero attached hydrogens (tertiary/aromatic N) is 1. The molecule has 0 amide bonds. The van der Waals surface area contributed by atoms with E-state index in [0.29, 0.717) is 6.29 Å². The summed E-state index contributed by atoms with van der Waals surface area (Å²) in [5.41, 5.74) is -1.47. The van der Waals surface area contributed by atoms with Gasteiger partial charge in [-0.1, -0.05) is 0 Å². The number of H-pyrrole nitrogens is 1. The van der Waals surface area contributed by atoms with Gasteiger partial charge in [-0.15, -0.1) is 0 Å². The minimum Gasteiger partial charge on any atom is -0.393 e. The first-order valence-corrected chi connectivity index (χ1v) is 4.60. The summed E-state index contributed by atoms with van der Waals surface area (Å²) in [5.74, 6) is 0. The molecule has 1 heterocycles. The molecular formula is C9H10N2O6. The van der Waals surface area contributed by atoms with Crippen molar-refractivity contribution in [3.8, 4) is 0 Å². The number of carbonyl (C=O) groups excluding carboxylic acids is 2. The van der Waals surface area contributed by atoms with Gasteiger partial charge >= 0.3 is 5.69 Å². The average molecular weight is 242 g/mol. The quantitative estimate of drug-likeness (QED) is 0.547. The van der Waals surface area contributed by atoms with E-state index in [9.17, 15) is 19.2 Å². The van der Waals surface area contributed by atoms with E-state index in [0.717, 1.165) is 16.8 Å². The third-order valence-corrected chi connectivity index (χ3v) is 1.89. The van der Waals surface area contributed by atoms with E-state index in [1.54, 1.807) is 0 Å². The number of aliphatic hydroxyl groups excluding tert-OH is 1. The molecule has 8 heteroatoms. The number of ether oxygens (including phenoxy) is 1.